The van der Waals surface area contributed by atoms with Gasteiger partial charge in [-0.2, -0.15) is 18.3 Å². The van der Waals surface area contributed by atoms with Crippen LogP contribution in [0.4, 0.5) is 13.2 Å². The largest absolute Gasteiger partial charge is 0.496 e. The quantitative estimate of drug-likeness (QED) is 0.760. The van der Waals surface area contributed by atoms with E-state index in [4.69, 9.17) is 9.47 Å². The van der Waals surface area contributed by atoms with Crippen molar-refractivity contribution in [1.82, 2.24) is 15.1 Å². The number of hydrogen-bond donors (Lipinski definition) is 1. The maximum atomic E-state index is 12.6. The molecule has 0 fully saturated rings. The number of ether oxygens (including phenoxy) is 2. The Hall–Kier alpha value is -2.71. The van der Waals surface area contributed by atoms with E-state index in [-0.39, 0.29) is 24.6 Å². The molecule has 2 aromatic rings. The van der Waals surface area contributed by atoms with Gasteiger partial charge in [-0.05, 0) is 31.5 Å². The fraction of sp³-hybridized carbons (Fsp3) is 0.412. The van der Waals surface area contributed by atoms with E-state index in [1.165, 1.54) is 18.9 Å². The number of aryl methyl sites for hydroxylation is 2. The van der Waals surface area contributed by atoms with Crippen LogP contribution in [0.2, 0.25) is 0 Å². The number of alkyl halides is 3. The lowest BCUT2D eigenvalue weighted by atomic mass is 10.1. The van der Waals surface area contributed by atoms with Gasteiger partial charge in [0.15, 0.2) is 5.69 Å². The van der Waals surface area contributed by atoms with Gasteiger partial charge in [0.05, 0.1) is 14.2 Å². The zero-order valence-corrected chi connectivity index (χ0v) is 14.7. The summed E-state index contributed by atoms with van der Waals surface area (Å²) in [4.78, 5) is 12.4. The van der Waals surface area contributed by atoms with Crippen molar-refractivity contribution < 1.29 is 27.4 Å². The molecule has 0 aliphatic heterocycles. The second-order valence-electron chi connectivity index (χ2n) is 5.54. The number of halogens is 3. The fourth-order valence-electron chi connectivity index (χ4n) is 2.47. The summed E-state index contributed by atoms with van der Waals surface area (Å²) < 4.78 is 49.6. The van der Waals surface area contributed by atoms with Crippen LogP contribution in [0.3, 0.4) is 0 Å². The Kier molecular flexibility index (Phi) is 6.12. The Morgan fingerprint density at radius 2 is 1.85 bits per heavy atom. The highest BCUT2D eigenvalue weighted by Crippen LogP contribution is 2.29. The molecular weight excluding hydrogens is 351 g/mol. The number of nitrogens with zero attached hydrogens (tertiary/aromatic N) is 2. The Bertz CT molecular complexity index is 750. The molecular formula is C17H20F3N3O3. The second-order valence-corrected chi connectivity index (χ2v) is 5.54. The van der Waals surface area contributed by atoms with Gasteiger partial charge in [-0.15, -0.1) is 0 Å². The molecule has 1 aromatic heterocycles. The molecule has 26 heavy (non-hydrogen) atoms. The highest BCUT2D eigenvalue weighted by molar-refractivity contribution is 5.99. The van der Waals surface area contributed by atoms with Crippen molar-refractivity contribution in [2.75, 3.05) is 20.8 Å². The molecule has 142 valence electrons. The van der Waals surface area contributed by atoms with Crippen LogP contribution in [-0.2, 0) is 12.7 Å². The van der Waals surface area contributed by atoms with Gasteiger partial charge in [0.2, 0.25) is 0 Å². The second kappa shape index (κ2) is 8.11. The van der Waals surface area contributed by atoms with Gasteiger partial charge in [0.25, 0.3) is 5.91 Å². The molecule has 0 bridgehead atoms. The molecule has 2 rings (SSSR count). The maximum absolute atomic E-state index is 12.6. The van der Waals surface area contributed by atoms with E-state index in [1.807, 2.05) is 0 Å². The molecule has 9 heteroatoms. The third-order valence-corrected chi connectivity index (χ3v) is 3.76. The third-order valence-electron chi connectivity index (χ3n) is 3.76. The van der Waals surface area contributed by atoms with Gasteiger partial charge < -0.3 is 14.8 Å². The summed E-state index contributed by atoms with van der Waals surface area (Å²) in [5, 5.41) is 6.26. The molecule has 0 spiro atoms. The molecule has 1 aromatic carbocycles. The molecule has 0 atom stereocenters. The van der Waals surface area contributed by atoms with Crippen LogP contribution in [0.1, 0.15) is 28.2 Å². The van der Waals surface area contributed by atoms with Crippen LogP contribution in [0.5, 0.6) is 11.5 Å². The minimum Gasteiger partial charge on any atom is -0.496 e. The summed E-state index contributed by atoms with van der Waals surface area (Å²) in [7, 11) is 2.90. The number of rotatable bonds is 7. The molecule has 1 amide bonds. The van der Waals surface area contributed by atoms with E-state index in [2.05, 4.69) is 10.4 Å². The van der Waals surface area contributed by atoms with E-state index in [9.17, 15) is 18.0 Å². The number of carbonyl (C=O) groups excluding carboxylic acids is 1. The zero-order chi connectivity index (χ0) is 19.3. The van der Waals surface area contributed by atoms with Crippen LogP contribution >= 0.6 is 0 Å². The number of amides is 1. The lowest BCUT2D eigenvalue weighted by Crippen LogP contribution is -2.26. The smallest absolute Gasteiger partial charge is 0.435 e. The summed E-state index contributed by atoms with van der Waals surface area (Å²) in [6, 6.07) is 5.98. The van der Waals surface area contributed by atoms with Crippen LogP contribution in [0, 0.1) is 6.92 Å². The number of hydrogen-bond acceptors (Lipinski definition) is 4. The predicted molar refractivity (Wildman–Crippen MR) is 88.5 cm³/mol. The van der Waals surface area contributed by atoms with E-state index >= 15 is 0 Å². The first-order chi connectivity index (χ1) is 12.3. The molecule has 6 nitrogen and oxygen atoms in total. The molecule has 0 unspecified atom stereocenters. The standard InChI is InChI=1S/C17H20F3N3O3/c1-11-10-14(17(18,19)20)22-23(11)9-5-8-21-16(24)15-12(25-2)6-4-7-13(15)26-3/h4,6-7,10H,5,8-9H2,1-3H3,(H,21,24). The van der Waals surface area contributed by atoms with E-state index in [0.29, 0.717) is 23.6 Å². The highest BCUT2D eigenvalue weighted by Gasteiger charge is 2.34. The van der Waals surface area contributed by atoms with Crippen molar-refractivity contribution in [2.45, 2.75) is 26.1 Å². The van der Waals surface area contributed by atoms with Crippen LogP contribution in [0.15, 0.2) is 24.3 Å². The van der Waals surface area contributed by atoms with Gasteiger partial charge in [-0.25, -0.2) is 0 Å². The van der Waals surface area contributed by atoms with E-state index < -0.39 is 11.9 Å². The van der Waals surface area contributed by atoms with Crippen LogP contribution < -0.4 is 14.8 Å². The Morgan fingerprint density at radius 3 is 2.35 bits per heavy atom. The summed E-state index contributed by atoms with van der Waals surface area (Å²) in [6.07, 6.45) is -4.05. The Morgan fingerprint density at radius 1 is 1.23 bits per heavy atom. The molecule has 1 N–H and O–H groups in total. The molecule has 0 aliphatic carbocycles. The van der Waals surface area contributed by atoms with Gasteiger partial charge in [0, 0.05) is 18.8 Å². The number of aromatic nitrogens is 2. The lowest BCUT2D eigenvalue weighted by molar-refractivity contribution is -0.141. The topological polar surface area (TPSA) is 65.4 Å². The van der Waals surface area contributed by atoms with E-state index in [1.54, 1.807) is 25.1 Å². The monoisotopic (exact) mass is 371 g/mol. The molecule has 0 saturated carbocycles. The average Bonchev–Trinajstić information content (AvgIpc) is 2.98. The Balaban J connectivity index is 1.95. The zero-order valence-electron chi connectivity index (χ0n) is 14.7. The SMILES string of the molecule is COc1cccc(OC)c1C(=O)NCCCn1nc(C(F)(F)F)cc1C. The molecule has 0 saturated heterocycles. The van der Waals surface area contributed by atoms with Gasteiger partial charge in [-0.3, -0.25) is 9.48 Å². The van der Waals surface area contributed by atoms with Crippen LogP contribution in [-0.4, -0.2) is 36.5 Å². The van der Waals surface area contributed by atoms with Crippen molar-refractivity contribution in [3.8, 4) is 11.5 Å². The lowest BCUT2D eigenvalue weighted by Gasteiger charge is -2.13. The predicted octanol–water partition coefficient (Wildman–Crippen LogP) is 3.05. The molecule has 0 aliphatic rings. The summed E-state index contributed by atoms with van der Waals surface area (Å²) in [5.41, 5.74) is -0.236. The van der Waals surface area contributed by atoms with Crippen LogP contribution in [0.25, 0.3) is 0 Å². The maximum Gasteiger partial charge on any atom is 0.435 e. The first-order valence-corrected chi connectivity index (χ1v) is 7.88. The summed E-state index contributed by atoms with van der Waals surface area (Å²) in [6.45, 7) is 2.08. The number of benzene rings is 1. The van der Waals surface area contributed by atoms with Crippen molar-refractivity contribution in [3.63, 3.8) is 0 Å². The normalized spacial score (nSPS) is 11.3. The summed E-state index contributed by atoms with van der Waals surface area (Å²) in [5.74, 6) is 0.367. The van der Waals surface area contributed by atoms with Crippen molar-refractivity contribution >= 4 is 5.91 Å². The highest BCUT2D eigenvalue weighted by atomic mass is 19.4. The van der Waals surface area contributed by atoms with Crippen molar-refractivity contribution in [2.24, 2.45) is 0 Å². The minimum absolute atomic E-state index is 0.255. The van der Waals surface area contributed by atoms with Crippen molar-refractivity contribution in [1.29, 1.82) is 0 Å². The first-order valence-electron chi connectivity index (χ1n) is 7.88. The van der Waals surface area contributed by atoms with E-state index in [0.717, 1.165) is 6.07 Å². The molecule has 0 radical (unpaired) electrons. The van der Waals surface area contributed by atoms with Gasteiger partial charge in [0.1, 0.15) is 17.1 Å². The fourth-order valence-corrected chi connectivity index (χ4v) is 2.47. The van der Waals surface area contributed by atoms with Gasteiger partial charge >= 0.3 is 6.18 Å². The summed E-state index contributed by atoms with van der Waals surface area (Å²) >= 11 is 0. The van der Waals surface area contributed by atoms with Gasteiger partial charge in [-0.1, -0.05) is 6.07 Å². The minimum atomic E-state index is -4.47. The molecule has 1 heterocycles. The number of nitrogens with one attached hydrogen (secondary N) is 1. The Labute approximate surface area is 148 Å². The van der Waals surface area contributed by atoms with Crippen molar-refractivity contribution in [3.05, 3.63) is 41.2 Å². The first kappa shape index (κ1) is 19.6. The number of methoxy groups -OCH3 is 2. The average molecular weight is 371 g/mol. The number of carbonyl (C=O) groups is 1. The third kappa shape index (κ3) is 4.47.